The van der Waals surface area contributed by atoms with Crippen molar-refractivity contribution in [3.05, 3.63) is 38.9 Å². The molecule has 2 atom stereocenters. The van der Waals surface area contributed by atoms with Gasteiger partial charge in [-0.2, -0.15) is 0 Å². The average Bonchev–Trinajstić information content (AvgIpc) is 2.49. The summed E-state index contributed by atoms with van der Waals surface area (Å²) in [5.74, 6) is 0.883. The summed E-state index contributed by atoms with van der Waals surface area (Å²) in [6, 6.07) is 3.08. The topological polar surface area (TPSA) is 55.2 Å². The SMILES string of the molecule is C[C@@H]1C[C@@H](C)CN(C(=O)Cn2cnc3c(Cl)cc(Cl)cc3c2=O)C1. The standard InChI is InChI=1S/C17H19Cl2N3O2/c1-10-3-11(2)7-21(6-10)15(23)8-22-9-20-16-13(17(22)24)4-12(18)5-14(16)19/h4-5,9-11H,3,6-8H2,1-2H3/t10-,11-/m1/s1. The highest BCUT2D eigenvalue weighted by Crippen LogP contribution is 2.24. The van der Waals surface area contributed by atoms with Crippen LogP contribution in [0, 0.1) is 11.8 Å². The van der Waals surface area contributed by atoms with E-state index in [4.69, 9.17) is 23.2 Å². The van der Waals surface area contributed by atoms with Crippen molar-refractivity contribution < 1.29 is 4.79 Å². The van der Waals surface area contributed by atoms with E-state index in [1.807, 2.05) is 4.90 Å². The molecule has 3 rings (SSSR count). The highest BCUT2D eigenvalue weighted by molar-refractivity contribution is 6.38. The number of aromatic nitrogens is 2. The zero-order valence-electron chi connectivity index (χ0n) is 13.6. The zero-order valence-corrected chi connectivity index (χ0v) is 15.1. The van der Waals surface area contributed by atoms with Crippen LogP contribution in [-0.4, -0.2) is 33.4 Å². The third-order valence-electron chi connectivity index (χ3n) is 4.37. The predicted octanol–water partition coefficient (Wildman–Crippen LogP) is 3.21. The second-order valence-corrected chi connectivity index (χ2v) is 7.55. The molecule has 0 bridgehead atoms. The van der Waals surface area contributed by atoms with E-state index in [1.54, 1.807) is 6.07 Å². The van der Waals surface area contributed by atoms with E-state index in [2.05, 4.69) is 18.8 Å². The Hall–Kier alpha value is -1.59. The molecule has 128 valence electrons. The summed E-state index contributed by atoms with van der Waals surface area (Å²) in [6.45, 7) is 5.73. The number of rotatable bonds is 2. The average molecular weight is 368 g/mol. The molecular formula is C17H19Cl2N3O2. The number of hydrogen-bond donors (Lipinski definition) is 0. The number of carbonyl (C=O) groups is 1. The molecule has 7 heteroatoms. The lowest BCUT2D eigenvalue weighted by Gasteiger charge is -2.35. The van der Waals surface area contributed by atoms with E-state index in [0.29, 0.717) is 32.8 Å². The van der Waals surface area contributed by atoms with Gasteiger partial charge in [-0.1, -0.05) is 37.0 Å². The van der Waals surface area contributed by atoms with Crippen molar-refractivity contribution in [3.8, 4) is 0 Å². The summed E-state index contributed by atoms with van der Waals surface area (Å²) >= 11 is 12.0. The molecule has 0 unspecified atom stereocenters. The number of hydrogen-bond acceptors (Lipinski definition) is 3. The van der Waals surface area contributed by atoms with Crippen molar-refractivity contribution in [2.24, 2.45) is 11.8 Å². The maximum atomic E-state index is 12.6. The first-order chi connectivity index (χ1) is 11.3. The number of amides is 1. The summed E-state index contributed by atoms with van der Waals surface area (Å²) in [4.78, 5) is 31.2. The van der Waals surface area contributed by atoms with Crippen LogP contribution in [0.5, 0.6) is 0 Å². The van der Waals surface area contributed by atoms with Gasteiger partial charge in [0.1, 0.15) is 6.54 Å². The maximum absolute atomic E-state index is 12.6. The maximum Gasteiger partial charge on any atom is 0.261 e. The Morgan fingerprint density at radius 3 is 2.58 bits per heavy atom. The molecule has 0 saturated carbocycles. The lowest BCUT2D eigenvalue weighted by molar-refractivity contribution is -0.134. The number of piperidine rings is 1. The molecule has 2 aromatic rings. The summed E-state index contributed by atoms with van der Waals surface area (Å²) in [7, 11) is 0. The Kier molecular flexibility index (Phi) is 4.83. The van der Waals surface area contributed by atoms with E-state index in [1.165, 1.54) is 17.0 Å². The van der Waals surface area contributed by atoms with E-state index in [0.717, 1.165) is 19.5 Å². The van der Waals surface area contributed by atoms with Gasteiger partial charge in [-0.15, -0.1) is 0 Å². The first-order valence-electron chi connectivity index (χ1n) is 7.97. The van der Waals surface area contributed by atoms with Crippen molar-refractivity contribution in [1.29, 1.82) is 0 Å². The Morgan fingerprint density at radius 1 is 1.25 bits per heavy atom. The van der Waals surface area contributed by atoms with Crippen LogP contribution in [0.4, 0.5) is 0 Å². The number of benzene rings is 1. The van der Waals surface area contributed by atoms with Crippen LogP contribution in [0.1, 0.15) is 20.3 Å². The third-order valence-corrected chi connectivity index (χ3v) is 4.88. The van der Waals surface area contributed by atoms with Gasteiger partial charge in [-0.05, 0) is 30.4 Å². The number of carbonyl (C=O) groups excluding carboxylic acids is 1. The van der Waals surface area contributed by atoms with Crippen molar-refractivity contribution in [1.82, 2.24) is 14.5 Å². The van der Waals surface area contributed by atoms with Crippen molar-refractivity contribution >= 4 is 40.0 Å². The molecule has 1 aromatic heterocycles. The minimum Gasteiger partial charge on any atom is -0.341 e. The Morgan fingerprint density at radius 2 is 1.92 bits per heavy atom. The number of likely N-dealkylation sites (tertiary alicyclic amines) is 1. The predicted molar refractivity (Wildman–Crippen MR) is 95.5 cm³/mol. The molecule has 24 heavy (non-hydrogen) atoms. The molecule has 1 amide bonds. The summed E-state index contributed by atoms with van der Waals surface area (Å²) in [5.41, 5.74) is 0.0887. The van der Waals surface area contributed by atoms with Gasteiger partial charge in [0, 0.05) is 18.1 Å². The van der Waals surface area contributed by atoms with E-state index in [9.17, 15) is 9.59 Å². The highest BCUT2D eigenvalue weighted by Gasteiger charge is 2.25. The molecule has 0 aliphatic carbocycles. The van der Waals surface area contributed by atoms with Gasteiger partial charge in [0.25, 0.3) is 5.56 Å². The van der Waals surface area contributed by atoms with Crippen molar-refractivity contribution in [2.75, 3.05) is 13.1 Å². The molecule has 0 N–H and O–H groups in total. The monoisotopic (exact) mass is 367 g/mol. The van der Waals surface area contributed by atoms with Crippen LogP contribution >= 0.6 is 23.2 Å². The molecular weight excluding hydrogens is 349 g/mol. The lowest BCUT2D eigenvalue weighted by atomic mass is 9.92. The minimum atomic E-state index is -0.309. The molecule has 1 aliphatic rings. The van der Waals surface area contributed by atoms with Crippen LogP contribution in [-0.2, 0) is 11.3 Å². The number of fused-ring (bicyclic) bond motifs is 1. The number of halogens is 2. The van der Waals surface area contributed by atoms with Crippen LogP contribution < -0.4 is 5.56 Å². The van der Waals surface area contributed by atoms with E-state index >= 15 is 0 Å². The molecule has 5 nitrogen and oxygen atoms in total. The largest absolute Gasteiger partial charge is 0.341 e. The second-order valence-electron chi connectivity index (χ2n) is 6.71. The highest BCUT2D eigenvalue weighted by atomic mass is 35.5. The second kappa shape index (κ2) is 6.73. The van der Waals surface area contributed by atoms with E-state index in [-0.39, 0.29) is 18.0 Å². The fourth-order valence-electron chi connectivity index (χ4n) is 3.42. The quantitative estimate of drug-likeness (QED) is 0.818. The third kappa shape index (κ3) is 3.42. The summed E-state index contributed by atoms with van der Waals surface area (Å²) in [6.07, 6.45) is 2.50. The van der Waals surface area contributed by atoms with Crippen LogP contribution in [0.15, 0.2) is 23.3 Å². The fraction of sp³-hybridized carbons (Fsp3) is 0.471. The van der Waals surface area contributed by atoms with E-state index < -0.39 is 0 Å². The molecule has 0 spiro atoms. The molecule has 1 aromatic carbocycles. The van der Waals surface area contributed by atoms with Gasteiger partial charge in [0.05, 0.1) is 22.3 Å². The zero-order chi connectivity index (χ0) is 17.4. The van der Waals surface area contributed by atoms with Gasteiger partial charge in [-0.3, -0.25) is 14.2 Å². The van der Waals surface area contributed by atoms with Gasteiger partial charge in [-0.25, -0.2) is 4.98 Å². The van der Waals surface area contributed by atoms with Crippen LogP contribution in [0.2, 0.25) is 10.0 Å². The van der Waals surface area contributed by atoms with Crippen molar-refractivity contribution in [3.63, 3.8) is 0 Å². The van der Waals surface area contributed by atoms with Gasteiger partial charge < -0.3 is 4.90 Å². The molecule has 0 radical (unpaired) electrons. The van der Waals surface area contributed by atoms with Crippen LogP contribution in [0.3, 0.4) is 0 Å². The lowest BCUT2D eigenvalue weighted by Crippen LogP contribution is -2.44. The number of nitrogens with zero attached hydrogens (tertiary/aromatic N) is 3. The van der Waals surface area contributed by atoms with Gasteiger partial charge >= 0.3 is 0 Å². The molecule has 2 heterocycles. The summed E-state index contributed by atoms with van der Waals surface area (Å²) in [5, 5.41) is 1.02. The van der Waals surface area contributed by atoms with Gasteiger partial charge in [0.2, 0.25) is 5.91 Å². The fourth-order valence-corrected chi connectivity index (χ4v) is 3.96. The van der Waals surface area contributed by atoms with Crippen LogP contribution in [0.25, 0.3) is 10.9 Å². The van der Waals surface area contributed by atoms with Crippen molar-refractivity contribution in [2.45, 2.75) is 26.8 Å². The Bertz CT molecular complexity index is 840. The van der Waals surface area contributed by atoms with Gasteiger partial charge in [0.15, 0.2) is 0 Å². The molecule has 1 aliphatic heterocycles. The minimum absolute atomic E-state index is 0.0225. The molecule has 1 saturated heterocycles. The molecule has 1 fully saturated rings. The first kappa shape index (κ1) is 17.2. The Labute approximate surface area is 150 Å². The summed E-state index contributed by atoms with van der Waals surface area (Å²) < 4.78 is 1.32. The Balaban J connectivity index is 1.89. The smallest absolute Gasteiger partial charge is 0.261 e. The normalized spacial score (nSPS) is 21.2. The first-order valence-corrected chi connectivity index (χ1v) is 8.72.